The number of hydrogen-bond acceptors (Lipinski definition) is 3. The Morgan fingerprint density at radius 1 is 1.39 bits per heavy atom. The van der Waals surface area contributed by atoms with E-state index < -0.39 is 5.97 Å². The minimum absolute atomic E-state index is 0. The zero-order valence-electron chi connectivity index (χ0n) is 10.4. The number of carboxylic acid groups (broad SMARTS) is 1. The quantitative estimate of drug-likeness (QED) is 0.916. The Bertz CT molecular complexity index is 417. The molecule has 0 unspecified atom stereocenters. The Morgan fingerprint density at radius 2 is 2.06 bits per heavy atom. The minimum Gasteiger partial charge on any atom is -0.478 e. The van der Waals surface area contributed by atoms with Crippen molar-refractivity contribution in [3.8, 4) is 0 Å². The maximum Gasteiger partial charge on any atom is 0.336 e. The highest BCUT2D eigenvalue weighted by Crippen LogP contribution is 2.25. The molecule has 1 aromatic rings. The second-order valence-corrected chi connectivity index (χ2v) is 4.06. The molecule has 0 radical (unpaired) electrons. The van der Waals surface area contributed by atoms with Gasteiger partial charge < -0.3 is 14.7 Å². The number of rotatable bonds is 3. The lowest BCUT2D eigenvalue weighted by molar-refractivity contribution is 0.0695. The molecule has 0 spiro atoms. The van der Waals surface area contributed by atoms with Gasteiger partial charge in [0.2, 0.25) is 0 Å². The number of benzene rings is 1. The van der Waals surface area contributed by atoms with E-state index in [0.717, 1.165) is 30.8 Å². The van der Waals surface area contributed by atoms with E-state index in [4.69, 9.17) is 4.74 Å². The summed E-state index contributed by atoms with van der Waals surface area (Å²) < 4.78 is 5.31. The van der Waals surface area contributed by atoms with Gasteiger partial charge >= 0.3 is 5.97 Å². The lowest BCUT2D eigenvalue weighted by Gasteiger charge is -2.31. The van der Waals surface area contributed by atoms with Crippen LogP contribution in [0.15, 0.2) is 18.2 Å². The van der Waals surface area contributed by atoms with Gasteiger partial charge in [0.05, 0.1) is 18.8 Å². The third-order valence-electron chi connectivity index (χ3n) is 3.09. The number of carboxylic acids is 1. The molecule has 1 aliphatic rings. The molecule has 1 fully saturated rings. The largest absolute Gasteiger partial charge is 0.478 e. The maximum absolute atomic E-state index is 11.2. The van der Waals surface area contributed by atoms with Crippen molar-refractivity contribution < 1.29 is 14.6 Å². The van der Waals surface area contributed by atoms with Gasteiger partial charge in [-0.15, -0.1) is 12.4 Å². The van der Waals surface area contributed by atoms with Crippen LogP contribution in [0.5, 0.6) is 0 Å². The van der Waals surface area contributed by atoms with Crippen LogP contribution in [0.25, 0.3) is 0 Å². The van der Waals surface area contributed by atoms with Crippen molar-refractivity contribution in [3.63, 3.8) is 0 Å². The Morgan fingerprint density at radius 3 is 2.61 bits per heavy atom. The number of aromatic carboxylic acids is 1. The summed E-state index contributed by atoms with van der Waals surface area (Å²) in [4.78, 5) is 13.4. The number of anilines is 1. The van der Waals surface area contributed by atoms with Gasteiger partial charge in [0.1, 0.15) is 0 Å². The first-order valence-corrected chi connectivity index (χ1v) is 5.92. The highest BCUT2D eigenvalue weighted by atomic mass is 35.5. The number of ether oxygens (including phenoxy) is 1. The predicted octanol–water partition coefficient (Wildman–Crippen LogP) is 2.21. The molecule has 0 atom stereocenters. The molecule has 0 aliphatic carbocycles. The van der Waals surface area contributed by atoms with Crippen molar-refractivity contribution in [2.75, 3.05) is 31.2 Å². The van der Waals surface area contributed by atoms with E-state index in [9.17, 15) is 9.90 Å². The van der Waals surface area contributed by atoms with Crippen molar-refractivity contribution in [2.45, 2.75) is 13.3 Å². The van der Waals surface area contributed by atoms with Crippen molar-refractivity contribution in [2.24, 2.45) is 0 Å². The average molecular weight is 272 g/mol. The summed E-state index contributed by atoms with van der Waals surface area (Å²) in [5, 5.41) is 9.18. The Labute approximate surface area is 113 Å². The van der Waals surface area contributed by atoms with Gasteiger partial charge in [0.15, 0.2) is 0 Å². The average Bonchev–Trinajstić information content (AvgIpc) is 2.38. The van der Waals surface area contributed by atoms with Crippen molar-refractivity contribution in [3.05, 3.63) is 29.3 Å². The topological polar surface area (TPSA) is 49.8 Å². The molecule has 1 N–H and O–H groups in total. The van der Waals surface area contributed by atoms with Crippen LogP contribution in [0.1, 0.15) is 22.8 Å². The van der Waals surface area contributed by atoms with Gasteiger partial charge in [-0.25, -0.2) is 4.79 Å². The van der Waals surface area contributed by atoms with Gasteiger partial charge in [-0.2, -0.15) is 0 Å². The van der Waals surface area contributed by atoms with E-state index in [1.54, 1.807) is 6.07 Å². The molecule has 1 aliphatic heterocycles. The van der Waals surface area contributed by atoms with E-state index >= 15 is 0 Å². The summed E-state index contributed by atoms with van der Waals surface area (Å²) in [6.07, 6.45) is 0.731. The molecule has 2 rings (SSSR count). The molecule has 0 aromatic heterocycles. The lowest BCUT2D eigenvalue weighted by Crippen LogP contribution is -2.37. The van der Waals surface area contributed by atoms with Crippen LogP contribution in [0.2, 0.25) is 0 Å². The van der Waals surface area contributed by atoms with Crippen LogP contribution < -0.4 is 4.90 Å². The number of nitrogens with zero attached hydrogens (tertiary/aromatic N) is 1. The molecule has 100 valence electrons. The van der Waals surface area contributed by atoms with Crippen LogP contribution in [-0.2, 0) is 11.2 Å². The summed E-state index contributed by atoms with van der Waals surface area (Å²) in [5.41, 5.74) is 2.37. The predicted molar refractivity (Wildman–Crippen MR) is 73.1 cm³/mol. The van der Waals surface area contributed by atoms with Crippen LogP contribution >= 0.6 is 12.4 Å². The Kier molecular flexibility index (Phi) is 5.44. The molecule has 0 amide bonds. The van der Waals surface area contributed by atoms with Gasteiger partial charge in [-0.05, 0) is 24.1 Å². The summed E-state index contributed by atoms with van der Waals surface area (Å²) in [5.74, 6) is -0.850. The molecule has 4 nitrogen and oxygen atoms in total. The molecular formula is C13H18ClNO3. The molecule has 5 heteroatoms. The van der Waals surface area contributed by atoms with Gasteiger partial charge in [0.25, 0.3) is 0 Å². The maximum atomic E-state index is 11.2. The smallest absolute Gasteiger partial charge is 0.336 e. The Hall–Kier alpha value is -1.26. The van der Waals surface area contributed by atoms with Gasteiger partial charge in [0, 0.05) is 18.8 Å². The molecule has 0 bridgehead atoms. The normalized spacial score (nSPS) is 15.1. The van der Waals surface area contributed by atoms with E-state index in [-0.39, 0.29) is 12.4 Å². The fraction of sp³-hybridized carbons (Fsp3) is 0.462. The summed E-state index contributed by atoms with van der Waals surface area (Å²) in [7, 11) is 0. The third-order valence-corrected chi connectivity index (χ3v) is 3.09. The van der Waals surface area contributed by atoms with Gasteiger partial charge in [-0.3, -0.25) is 0 Å². The SMILES string of the molecule is CCc1c(C(=O)O)cccc1N1CCOCC1.Cl. The second kappa shape index (κ2) is 6.61. The monoisotopic (exact) mass is 271 g/mol. The minimum atomic E-state index is -0.850. The lowest BCUT2D eigenvalue weighted by atomic mass is 10.0. The van der Waals surface area contributed by atoms with E-state index in [1.807, 2.05) is 19.1 Å². The summed E-state index contributed by atoms with van der Waals surface area (Å²) in [6, 6.07) is 5.48. The number of hydrogen-bond donors (Lipinski definition) is 1. The molecular weight excluding hydrogens is 254 g/mol. The fourth-order valence-corrected chi connectivity index (χ4v) is 2.25. The molecule has 1 saturated heterocycles. The van der Waals surface area contributed by atoms with Crippen LogP contribution in [0.4, 0.5) is 5.69 Å². The summed E-state index contributed by atoms with van der Waals surface area (Å²) in [6.45, 7) is 5.07. The number of halogens is 1. The third kappa shape index (κ3) is 2.94. The molecule has 1 heterocycles. The fourth-order valence-electron chi connectivity index (χ4n) is 2.25. The van der Waals surface area contributed by atoms with Crippen LogP contribution in [-0.4, -0.2) is 37.4 Å². The first-order valence-electron chi connectivity index (χ1n) is 5.92. The van der Waals surface area contributed by atoms with Crippen LogP contribution in [0, 0.1) is 0 Å². The Balaban J connectivity index is 0.00000162. The molecule has 1 aromatic carbocycles. The van der Waals surface area contributed by atoms with Crippen molar-refractivity contribution in [1.82, 2.24) is 0 Å². The number of carbonyl (C=O) groups is 1. The molecule has 18 heavy (non-hydrogen) atoms. The van der Waals surface area contributed by atoms with E-state index in [1.165, 1.54) is 0 Å². The first kappa shape index (κ1) is 14.8. The van der Waals surface area contributed by atoms with Crippen molar-refractivity contribution in [1.29, 1.82) is 0 Å². The van der Waals surface area contributed by atoms with Crippen molar-refractivity contribution >= 4 is 24.1 Å². The zero-order chi connectivity index (χ0) is 12.3. The first-order chi connectivity index (χ1) is 8.24. The summed E-state index contributed by atoms with van der Waals surface area (Å²) >= 11 is 0. The molecule has 0 saturated carbocycles. The zero-order valence-corrected chi connectivity index (χ0v) is 11.2. The highest BCUT2D eigenvalue weighted by Gasteiger charge is 2.18. The van der Waals surface area contributed by atoms with E-state index in [2.05, 4.69) is 4.90 Å². The number of morpholine rings is 1. The second-order valence-electron chi connectivity index (χ2n) is 4.06. The standard InChI is InChI=1S/C13H17NO3.ClH/c1-2-10-11(13(15)16)4-3-5-12(10)14-6-8-17-9-7-14;/h3-5H,2,6-9H2,1H3,(H,15,16);1H. The highest BCUT2D eigenvalue weighted by molar-refractivity contribution is 5.91. The van der Waals surface area contributed by atoms with Gasteiger partial charge in [-0.1, -0.05) is 13.0 Å². The van der Waals surface area contributed by atoms with Crippen LogP contribution in [0.3, 0.4) is 0 Å². The van der Waals surface area contributed by atoms with E-state index in [0.29, 0.717) is 18.8 Å².